The first-order valence-corrected chi connectivity index (χ1v) is 8.24. The second-order valence-electron chi connectivity index (χ2n) is 5.90. The van der Waals surface area contributed by atoms with Crippen LogP contribution in [0.5, 0.6) is 5.75 Å². The van der Waals surface area contributed by atoms with Gasteiger partial charge < -0.3 is 10.1 Å². The first kappa shape index (κ1) is 16.9. The van der Waals surface area contributed by atoms with E-state index in [-0.39, 0.29) is 11.7 Å². The quantitative estimate of drug-likeness (QED) is 0.504. The largest absolute Gasteiger partial charge is 0.435 e. The molecule has 0 aliphatic carbocycles. The molecular weight excluding hydrogens is 350 g/mol. The minimum absolute atomic E-state index is 0.0285. The summed E-state index contributed by atoms with van der Waals surface area (Å²) in [6.07, 6.45) is 1.64. The molecule has 0 bridgehead atoms. The Labute approximate surface area is 153 Å². The fraction of sp³-hybridized carbons (Fsp3) is 0.0476. The van der Waals surface area contributed by atoms with Crippen LogP contribution in [0.1, 0.15) is 10.4 Å². The van der Waals surface area contributed by atoms with Crippen LogP contribution in [0.4, 0.5) is 14.5 Å². The summed E-state index contributed by atoms with van der Waals surface area (Å²) in [7, 11) is 0. The summed E-state index contributed by atoms with van der Waals surface area (Å²) >= 11 is 0. The van der Waals surface area contributed by atoms with E-state index in [1.54, 1.807) is 12.3 Å². The second kappa shape index (κ2) is 6.99. The number of nitrogens with zero attached hydrogens (tertiary/aromatic N) is 1. The summed E-state index contributed by atoms with van der Waals surface area (Å²) < 4.78 is 28.8. The molecule has 6 heteroatoms. The van der Waals surface area contributed by atoms with E-state index in [4.69, 9.17) is 0 Å². The number of fused-ring (bicyclic) bond motifs is 3. The Hall–Kier alpha value is -3.54. The van der Waals surface area contributed by atoms with Gasteiger partial charge in [0.05, 0.1) is 11.1 Å². The van der Waals surface area contributed by atoms with Crippen LogP contribution in [0.2, 0.25) is 0 Å². The summed E-state index contributed by atoms with van der Waals surface area (Å²) in [5.41, 5.74) is 1.52. The van der Waals surface area contributed by atoms with Crippen LogP contribution in [-0.2, 0) is 0 Å². The lowest BCUT2D eigenvalue weighted by molar-refractivity contribution is -0.0498. The van der Waals surface area contributed by atoms with Crippen molar-refractivity contribution in [1.29, 1.82) is 0 Å². The predicted octanol–water partition coefficient (Wildman–Crippen LogP) is 5.24. The molecule has 0 saturated carbocycles. The molecule has 4 aromatic rings. The van der Waals surface area contributed by atoms with Gasteiger partial charge in [-0.05, 0) is 47.2 Å². The number of ether oxygens (including phenoxy) is 1. The Bertz CT molecular complexity index is 1130. The molecule has 134 valence electrons. The lowest BCUT2D eigenvalue weighted by Crippen LogP contribution is -2.13. The number of pyridine rings is 1. The average Bonchev–Trinajstić information content (AvgIpc) is 2.68. The molecule has 0 fully saturated rings. The van der Waals surface area contributed by atoms with Crippen molar-refractivity contribution in [3.05, 3.63) is 78.5 Å². The molecule has 0 saturated heterocycles. The van der Waals surface area contributed by atoms with E-state index < -0.39 is 6.61 Å². The van der Waals surface area contributed by atoms with Crippen LogP contribution in [-0.4, -0.2) is 17.5 Å². The molecule has 0 aliphatic rings. The number of hydrogen-bond acceptors (Lipinski definition) is 3. The monoisotopic (exact) mass is 364 g/mol. The molecule has 1 aromatic heterocycles. The van der Waals surface area contributed by atoms with Gasteiger partial charge in [-0.25, -0.2) is 0 Å². The zero-order valence-corrected chi connectivity index (χ0v) is 14.0. The molecule has 3 aromatic carbocycles. The van der Waals surface area contributed by atoms with E-state index in [1.165, 1.54) is 24.3 Å². The maximum atomic E-state index is 12.8. The number of anilines is 1. The Morgan fingerprint density at radius 3 is 2.48 bits per heavy atom. The highest BCUT2D eigenvalue weighted by Crippen LogP contribution is 2.28. The minimum Gasteiger partial charge on any atom is -0.435 e. The number of carbonyl (C=O) groups is 1. The van der Waals surface area contributed by atoms with E-state index in [1.807, 2.05) is 36.4 Å². The van der Waals surface area contributed by atoms with Gasteiger partial charge in [-0.2, -0.15) is 8.78 Å². The zero-order valence-electron chi connectivity index (χ0n) is 14.0. The van der Waals surface area contributed by atoms with Crippen LogP contribution in [0.15, 0.2) is 72.9 Å². The Morgan fingerprint density at radius 2 is 1.70 bits per heavy atom. The molecule has 27 heavy (non-hydrogen) atoms. The number of benzene rings is 3. The molecule has 0 spiro atoms. The fourth-order valence-electron chi connectivity index (χ4n) is 3.02. The number of halogens is 2. The van der Waals surface area contributed by atoms with Crippen molar-refractivity contribution in [2.75, 3.05) is 5.32 Å². The minimum atomic E-state index is -2.89. The summed E-state index contributed by atoms with van der Waals surface area (Å²) in [4.78, 5) is 17.2. The molecular formula is C21H14F2N2O2. The molecule has 0 aliphatic heterocycles. The Kier molecular flexibility index (Phi) is 4.38. The topological polar surface area (TPSA) is 51.2 Å². The van der Waals surface area contributed by atoms with Gasteiger partial charge in [0.2, 0.25) is 0 Å². The summed E-state index contributed by atoms with van der Waals surface area (Å²) in [5, 5.41) is 5.62. The third kappa shape index (κ3) is 3.42. The van der Waals surface area contributed by atoms with Crippen molar-refractivity contribution in [2.45, 2.75) is 6.61 Å². The maximum absolute atomic E-state index is 12.8. The number of aromatic nitrogens is 1. The highest BCUT2D eigenvalue weighted by molar-refractivity contribution is 6.18. The number of nitrogens with one attached hydrogen (secondary N) is 1. The predicted molar refractivity (Wildman–Crippen MR) is 100 cm³/mol. The number of rotatable bonds is 4. The third-order valence-electron chi connectivity index (χ3n) is 4.20. The van der Waals surface area contributed by atoms with Gasteiger partial charge in [0, 0.05) is 17.3 Å². The molecule has 1 heterocycles. The van der Waals surface area contributed by atoms with Crippen LogP contribution < -0.4 is 10.1 Å². The van der Waals surface area contributed by atoms with E-state index in [0.29, 0.717) is 16.8 Å². The third-order valence-corrected chi connectivity index (χ3v) is 4.20. The highest BCUT2D eigenvalue weighted by Gasteiger charge is 2.14. The van der Waals surface area contributed by atoms with Crippen molar-refractivity contribution >= 4 is 33.3 Å². The summed E-state index contributed by atoms with van der Waals surface area (Å²) in [6, 6.07) is 19.1. The van der Waals surface area contributed by atoms with Crippen molar-refractivity contribution in [3.8, 4) is 5.75 Å². The maximum Gasteiger partial charge on any atom is 0.387 e. The van der Waals surface area contributed by atoms with Crippen molar-refractivity contribution in [3.63, 3.8) is 0 Å². The molecule has 1 N–H and O–H groups in total. The van der Waals surface area contributed by atoms with Gasteiger partial charge >= 0.3 is 6.61 Å². The van der Waals surface area contributed by atoms with E-state index in [2.05, 4.69) is 15.0 Å². The molecule has 0 radical (unpaired) electrons. The highest BCUT2D eigenvalue weighted by atomic mass is 19.3. The Balaban J connectivity index is 1.70. The van der Waals surface area contributed by atoms with E-state index >= 15 is 0 Å². The van der Waals surface area contributed by atoms with Crippen LogP contribution in [0.25, 0.3) is 21.7 Å². The van der Waals surface area contributed by atoms with Gasteiger partial charge in [0.25, 0.3) is 5.91 Å². The summed E-state index contributed by atoms with van der Waals surface area (Å²) in [5.74, 6) is -0.298. The first-order chi connectivity index (χ1) is 13.1. The molecule has 4 nitrogen and oxygen atoms in total. The average molecular weight is 364 g/mol. The number of alkyl halides is 2. The second-order valence-corrected chi connectivity index (χ2v) is 5.90. The van der Waals surface area contributed by atoms with E-state index in [0.717, 1.165) is 16.2 Å². The van der Waals surface area contributed by atoms with Gasteiger partial charge in [-0.3, -0.25) is 9.78 Å². The number of amides is 1. The van der Waals surface area contributed by atoms with Crippen LogP contribution in [0, 0.1) is 0 Å². The summed E-state index contributed by atoms with van der Waals surface area (Å²) in [6.45, 7) is -2.89. The number of hydrogen-bond donors (Lipinski definition) is 1. The molecule has 0 atom stereocenters. The lowest BCUT2D eigenvalue weighted by atomic mass is 10.0. The lowest BCUT2D eigenvalue weighted by Gasteiger charge is -2.11. The van der Waals surface area contributed by atoms with Crippen LogP contribution in [0.3, 0.4) is 0 Å². The normalized spacial score (nSPS) is 11.1. The first-order valence-electron chi connectivity index (χ1n) is 8.24. The molecule has 4 rings (SSSR count). The Morgan fingerprint density at radius 1 is 0.963 bits per heavy atom. The van der Waals surface area contributed by atoms with Gasteiger partial charge in [0.1, 0.15) is 5.75 Å². The number of carbonyl (C=O) groups excluding carboxylic acids is 1. The van der Waals surface area contributed by atoms with Crippen molar-refractivity contribution in [2.24, 2.45) is 0 Å². The zero-order chi connectivity index (χ0) is 18.8. The van der Waals surface area contributed by atoms with Crippen molar-refractivity contribution < 1.29 is 18.3 Å². The smallest absolute Gasteiger partial charge is 0.387 e. The van der Waals surface area contributed by atoms with Crippen LogP contribution >= 0.6 is 0 Å². The molecule has 0 unspecified atom stereocenters. The van der Waals surface area contributed by atoms with Gasteiger partial charge in [0.15, 0.2) is 0 Å². The van der Waals surface area contributed by atoms with Crippen molar-refractivity contribution in [1.82, 2.24) is 4.98 Å². The van der Waals surface area contributed by atoms with Gasteiger partial charge in [-0.15, -0.1) is 0 Å². The fourth-order valence-corrected chi connectivity index (χ4v) is 3.02. The molecule has 1 amide bonds. The SMILES string of the molecule is O=C(Nc1ccc(OC(F)F)cc1)c1cc2ccccc2c2cccnc12. The van der Waals surface area contributed by atoms with Gasteiger partial charge in [-0.1, -0.05) is 30.3 Å². The standard InChI is InChI=1S/C21H14F2N2O2/c22-21(23)27-15-9-7-14(8-10-15)25-20(26)18-12-13-4-1-2-5-16(13)17-6-3-11-24-19(17)18/h1-12,21H,(H,25,26). The van der Waals surface area contributed by atoms with E-state index in [9.17, 15) is 13.6 Å².